The highest BCUT2D eigenvalue weighted by Gasteiger charge is 2.22. The van der Waals surface area contributed by atoms with E-state index in [-0.39, 0.29) is 18.1 Å². The van der Waals surface area contributed by atoms with Crippen molar-refractivity contribution in [3.05, 3.63) is 42.2 Å². The molecule has 0 saturated heterocycles. The van der Waals surface area contributed by atoms with Gasteiger partial charge >= 0.3 is 6.03 Å². The Morgan fingerprint density at radius 2 is 2.27 bits per heavy atom. The van der Waals surface area contributed by atoms with Crippen LogP contribution in [-0.4, -0.2) is 31.8 Å². The topological polar surface area (TPSA) is 84.7 Å². The number of nitrogens with zero attached hydrogens (tertiary/aromatic N) is 4. The first-order valence-corrected chi connectivity index (χ1v) is 7.60. The molecule has 3 rings (SSSR count). The van der Waals surface area contributed by atoms with E-state index in [9.17, 15) is 4.79 Å². The van der Waals surface area contributed by atoms with Gasteiger partial charge in [-0.15, -0.1) is 0 Å². The van der Waals surface area contributed by atoms with E-state index < -0.39 is 0 Å². The molecule has 3 heterocycles. The summed E-state index contributed by atoms with van der Waals surface area (Å²) in [4.78, 5) is 20.4. The van der Waals surface area contributed by atoms with Crippen molar-refractivity contribution < 1.29 is 4.79 Å². The van der Waals surface area contributed by atoms with Gasteiger partial charge in [-0.05, 0) is 30.5 Å². The average Bonchev–Trinajstić information content (AvgIpc) is 3.01. The number of carbonyl (C=O) groups is 1. The van der Waals surface area contributed by atoms with E-state index in [1.54, 1.807) is 18.7 Å². The lowest BCUT2D eigenvalue weighted by Gasteiger charge is -2.25. The number of carbonyl (C=O) groups excluding carboxylic acids is 1. The highest BCUT2D eigenvalue weighted by molar-refractivity contribution is 5.74. The van der Waals surface area contributed by atoms with Crippen LogP contribution >= 0.6 is 0 Å². The zero-order chi connectivity index (χ0) is 15.4. The molecule has 2 aromatic rings. The van der Waals surface area contributed by atoms with E-state index in [1.165, 1.54) is 0 Å². The quantitative estimate of drug-likeness (QED) is 0.894. The van der Waals surface area contributed by atoms with Gasteiger partial charge in [0.25, 0.3) is 0 Å². The Balaban J connectivity index is 1.56. The molecule has 2 N–H and O–H groups in total. The minimum atomic E-state index is -0.141. The number of aromatic nitrogens is 4. The molecule has 7 heteroatoms. The van der Waals surface area contributed by atoms with E-state index in [4.69, 9.17) is 0 Å². The molecule has 0 spiro atoms. The number of nitrogens with one attached hydrogen (secondary N) is 2. The van der Waals surface area contributed by atoms with Crippen LogP contribution in [0.1, 0.15) is 37.2 Å². The van der Waals surface area contributed by atoms with Crippen molar-refractivity contribution in [3.8, 4) is 0 Å². The third-order valence-corrected chi connectivity index (χ3v) is 3.96. The summed E-state index contributed by atoms with van der Waals surface area (Å²) >= 11 is 0. The Morgan fingerprint density at radius 3 is 3.05 bits per heavy atom. The Morgan fingerprint density at radius 1 is 1.45 bits per heavy atom. The first kappa shape index (κ1) is 14.5. The molecule has 2 atom stereocenters. The second kappa shape index (κ2) is 6.55. The number of aryl methyl sites for hydroxylation is 1. The smallest absolute Gasteiger partial charge is 0.315 e. The van der Waals surface area contributed by atoms with E-state index >= 15 is 0 Å². The molecule has 2 aromatic heterocycles. The number of amides is 2. The molecule has 0 saturated carbocycles. The second-order valence-corrected chi connectivity index (χ2v) is 5.45. The maximum atomic E-state index is 12.2. The summed E-state index contributed by atoms with van der Waals surface area (Å²) in [5.41, 5.74) is 1.06. The van der Waals surface area contributed by atoms with Gasteiger partial charge in [0, 0.05) is 18.8 Å². The predicted molar refractivity (Wildman–Crippen MR) is 81.1 cm³/mol. The molecule has 0 fully saturated rings. The Labute approximate surface area is 129 Å². The lowest BCUT2D eigenvalue weighted by Crippen LogP contribution is -2.46. The largest absolute Gasteiger partial charge is 0.334 e. The van der Waals surface area contributed by atoms with Gasteiger partial charge in [0.1, 0.15) is 12.2 Å². The maximum absolute atomic E-state index is 12.2. The molecule has 1 aliphatic heterocycles. The Bertz CT molecular complexity index is 626. The van der Waals surface area contributed by atoms with Crippen LogP contribution in [-0.2, 0) is 13.0 Å². The number of fused-ring (bicyclic) bond motifs is 1. The van der Waals surface area contributed by atoms with Crippen LogP contribution in [0, 0.1) is 0 Å². The molecule has 1 aliphatic rings. The summed E-state index contributed by atoms with van der Waals surface area (Å²) in [6, 6.07) is 3.79. The van der Waals surface area contributed by atoms with Crippen molar-refractivity contribution in [2.75, 3.05) is 0 Å². The maximum Gasteiger partial charge on any atom is 0.315 e. The molecular formula is C15H20N6O. The summed E-state index contributed by atoms with van der Waals surface area (Å²) in [5, 5.41) is 10.2. The molecule has 0 aliphatic carbocycles. The first-order valence-electron chi connectivity index (χ1n) is 7.60. The van der Waals surface area contributed by atoms with E-state index in [0.29, 0.717) is 6.54 Å². The fraction of sp³-hybridized carbons (Fsp3) is 0.467. The first-order chi connectivity index (χ1) is 10.8. The van der Waals surface area contributed by atoms with E-state index in [0.717, 1.165) is 30.7 Å². The van der Waals surface area contributed by atoms with Crippen LogP contribution in [0.25, 0.3) is 0 Å². The van der Waals surface area contributed by atoms with Crippen LogP contribution in [0.2, 0.25) is 0 Å². The molecule has 7 nitrogen and oxygen atoms in total. The fourth-order valence-electron chi connectivity index (χ4n) is 2.76. The van der Waals surface area contributed by atoms with Crippen molar-refractivity contribution in [3.63, 3.8) is 0 Å². The summed E-state index contributed by atoms with van der Waals surface area (Å²) < 4.78 is 1.86. The highest BCUT2D eigenvalue weighted by atomic mass is 16.2. The lowest BCUT2D eigenvalue weighted by atomic mass is 10.1. The van der Waals surface area contributed by atoms with E-state index in [1.807, 2.05) is 23.7 Å². The Kier molecular flexibility index (Phi) is 4.32. The third-order valence-electron chi connectivity index (χ3n) is 3.96. The van der Waals surface area contributed by atoms with Gasteiger partial charge in [0.15, 0.2) is 0 Å². The molecule has 22 heavy (non-hydrogen) atoms. The van der Waals surface area contributed by atoms with Crippen molar-refractivity contribution in [1.82, 2.24) is 30.4 Å². The van der Waals surface area contributed by atoms with Crippen molar-refractivity contribution in [2.24, 2.45) is 0 Å². The van der Waals surface area contributed by atoms with E-state index in [2.05, 4.69) is 25.7 Å². The van der Waals surface area contributed by atoms with Crippen molar-refractivity contribution in [2.45, 2.75) is 44.8 Å². The van der Waals surface area contributed by atoms with Crippen LogP contribution in [0.3, 0.4) is 0 Å². The third kappa shape index (κ3) is 3.24. The molecule has 0 aromatic carbocycles. The van der Waals surface area contributed by atoms with Crippen LogP contribution in [0.15, 0.2) is 30.9 Å². The van der Waals surface area contributed by atoms with Crippen molar-refractivity contribution >= 4 is 6.03 Å². The van der Waals surface area contributed by atoms with Gasteiger partial charge in [-0.2, -0.15) is 5.10 Å². The number of hydrogen-bond acceptors (Lipinski definition) is 4. The number of urea groups is 1. The minimum absolute atomic E-state index is 0.00600. The molecule has 2 amide bonds. The second-order valence-electron chi connectivity index (χ2n) is 5.45. The van der Waals surface area contributed by atoms with Gasteiger partial charge in [0.2, 0.25) is 0 Å². The number of pyridine rings is 1. The van der Waals surface area contributed by atoms with Gasteiger partial charge in [0.05, 0.1) is 18.6 Å². The molecular weight excluding hydrogens is 280 g/mol. The van der Waals surface area contributed by atoms with Crippen LogP contribution in [0.4, 0.5) is 4.79 Å². The Hall–Kier alpha value is -2.44. The summed E-state index contributed by atoms with van der Waals surface area (Å²) in [6.45, 7) is 2.72. The number of hydrogen-bond donors (Lipinski definition) is 2. The standard InChI is InChI=1S/C15H20N6O/c1-2-13(11-5-7-16-8-6-11)20-15(22)19-12-3-4-14-17-10-18-21(14)9-12/h5-8,10,12-13H,2-4,9H2,1H3,(H2,19,20,22). The van der Waals surface area contributed by atoms with Crippen LogP contribution < -0.4 is 10.6 Å². The zero-order valence-electron chi connectivity index (χ0n) is 12.6. The molecule has 0 radical (unpaired) electrons. The highest BCUT2D eigenvalue weighted by Crippen LogP contribution is 2.15. The van der Waals surface area contributed by atoms with Crippen LogP contribution in [0.5, 0.6) is 0 Å². The minimum Gasteiger partial charge on any atom is -0.334 e. The summed E-state index contributed by atoms with van der Waals surface area (Å²) in [7, 11) is 0. The van der Waals surface area contributed by atoms with Gasteiger partial charge in [-0.25, -0.2) is 14.5 Å². The molecule has 116 valence electrons. The summed E-state index contributed by atoms with van der Waals surface area (Å²) in [6.07, 6.45) is 7.60. The van der Waals surface area contributed by atoms with Gasteiger partial charge in [-0.1, -0.05) is 6.92 Å². The normalized spacial score (nSPS) is 18.3. The molecule has 0 bridgehead atoms. The van der Waals surface area contributed by atoms with Gasteiger partial charge < -0.3 is 10.6 Å². The molecule has 2 unspecified atom stereocenters. The fourth-order valence-corrected chi connectivity index (χ4v) is 2.76. The SMILES string of the molecule is CCC(NC(=O)NC1CCc2ncnn2C1)c1ccncc1. The lowest BCUT2D eigenvalue weighted by molar-refractivity contribution is 0.227. The average molecular weight is 300 g/mol. The number of rotatable bonds is 4. The zero-order valence-corrected chi connectivity index (χ0v) is 12.6. The van der Waals surface area contributed by atoms with Crippen molar-refractivity contribution in [1.29, 1.82) is 0 Å². The van der Waals surface area contributed by atoms with Gasteiger partial charge in [-0.3, -0.25) is 4.98 Å². The monoisotopic (exact) mass is 300 g/mol. The predicted octanol–water partition coefficient (Wildman–Crippen LogP) is 1.44. The summed E-state index contributed by atoms with van der Waals surface area (Å²) in [5.74, 6) is 0.988.